The lowest BCUT2D eigenvalue weighted by Gasteiger charge is -2.38. The summed E-state index contributed by atoms with van der Waals surface area (Å²) in [5, 5.41) is 7.06. The van der Waals surface area contributed by atoms with Crippen molar-refractivity contribution in [2.75, 3.05) is 10.6 Å². The standard InChI is InChI=1S/C39H40N2O4S/c1-5-26(3)31-16-10-12-18-35(31)40-29-20-22-33-37(24-29)45-38-25-30(41-36-19-13-11-17-32(36)27(4)6-2)21-23-34(38)39(33,46(42,43)44)28-14-8-7-9-15-28/h7-27,40-41H,5-6H2,1-4H3,(H,42,43,44). The molecule has 3 N–H and O–H groups in total. The van der Waals surface area contributed by atoms with Crippen LogP contribution in [0.5, 0.6) is 11.5 Å². The molecule has 1 heterocycles. The molecule has 5 aromatic rings. The maximum Gasteiger partial charge on any atom is 0.283 e. The quantitative estimate of drug-likeness (QED) is 0.133. The lowest BCUT2D eigenvalue weighted by atomic mass is 9.81. The molecular weight excluding hydrogens is 593 g/mol. The van der Waals surface area contributed by atoms with E-state index in [0.717, 1.165) is 35.6 Å². The first-order valence-electron chi connectivity index (χ1n) is 15.9. The Hall–Kier alpha value is -4.59. The highest BCUT2D eigenvalue weighted by atomic mass is 32.2. The van der Waals surface area contributed by atoms with Crippen molar-refractivity contribution in [3.63, 3.8) is 0 Å². The smallest absolute Gasteiger partial charge is 0.283 e. The molecule has 7 heteroatoms. The normalized spacial score (nSPS) is 16.8. The van der Waals surface area contributed by atoms with Crippen LogP contribution < -0.4 is 15.4 Å². The van der Waals surface area contributed by atoms with Crippen LogP contribution in [0.3, 0.4) is 0 Å². The highest BCUT2D eigenvalue weighted by Gasteiger charge is 2.54. The fourth-order valence-corrected chi connectivity index (χ4v) is 7.78. The molecule has 0 aliphatic carbocycles. The van der Waals surface area contributed by atoms with Crippen LogP contribution in [0.25, 0.3) is 0 Å². The van der Waals surface area contributed by atoms with Crippen molar-refractivity contribution >= 4 is 32.9 Å². The third-order valence-electron chi connectivity index (χ3n) is 9.28. The maximum atomic E-state index is 13.8. The topological polar surface area (TPSA) is 87.7 Å². The number of anilines is 4. The summed E-state index contributed by atoms with van der Waals surface area (Å²) in [6, 6.07) is 36.0. The predicted molar refractivity (Wildman–Crippen MR) is 188 cm³/mol. The first-order chi connectivity index (χ1) is 22.2. The number of ether oxygens (including phenoxy) is 1. The first-order valence-corrected chi connectivity index (χ1v) is 17.3. The molecule has 0 radical (unpaired) electrons. The summed E-state index contributed by atoms with van der Waals surface area (Å²) in [5.41, 5.74) is 6.94. The molecule has 0 spiro atoms. The van der Waals surface area contributed by atoms with E-state index < -0.39 is 14.9 Å². The largest absolute Gasteiger partial charge is 0.456 e. The molecule has 0 saturated carbocycles. The highest BCUT2D eigenvalue weighted by molar-refractivity contribution is 7.87. The van der Waals surface area contributed by atoms with Gasteiger partial charge in [-0.15, -0.1) is 0 Å². The fraction of sp³-hybridized carbons (Fsp3) is 0.231. The van der Waals surface area contributed by atoms with Gasteiger partial charge in [0.15, 0.2) is 4.75 Å². The number of fused-ring (bicyclic) bond motifs is 2. The number of nitrogens with one attached hydrogen (secondary N) is 2. The molecule has 236 valence electrons. The Kier molecular flexibility index (Phi) is 8.64. The van der Waals surface area contributed by atoms with Crippen molar-refractivity contribution < 1.29 is 17.7 Å². The Morgan fingerprint density at radius 3 is 1.52 bits per heavy atom. The molecular formula is C39H40N2O4S. The van der Waals surface area contributed by atoms with E-state index in [2.05, 4.69) is 50.5 Å². The molecule has 0 fully saturated rings. The zero-order chi connectivity index (χ0) is 32.5. The molecule has 0 aromatic heterocycles. The fourth-order valence-electron chi connectivity index (χ4n) is 6.46. The van der Waals surface area contributed by atoms with Gasteiger partial charge in [-0.05, 0) is 65.6 Å². The van der Waals surface area contributed by atoms with Crippen LogP contribution in [-0.4, -0.2) is 13.0 Å². The van der Waals surface area contributed by atoms with Crippen molar-refractivity contribution in [1.82, 2.24) is 0 Å². The molecule has 2 unspecified atom stereocenters. The van der Waals surface area contributed by atoms with Crippen LogP contribution in [0.1, 0.15) is 80.2 Å². The number of hydrogen-bond acceptors (Lipinski definition) is 5. The minimum absolute atomic E-state index is 0.345. The Morgan fingerprint density at radius 1 is 0.652 bits per heavy atom. The first kappa shape index (κ1) is 31.4. The van der Waals surface area contributed by atoms with E-state index in [0.29, 0.717) is 40.0 Å². The van der Waals surface area contributed by atoms with Gasteiger partial charge in [-0.3, -0.25) is 4.55 Å². The summed E-state index contributed by atoms with van der Waals surface area (Å²) in [6.07, 6.45) is 1.99. The van der Waals surface area contributed by atoms with Crippen molar-refractivity contribution in [2.24, 2.45) is 0 Å². The zero-order valence-electron chi connectivity index (χ0n) is 26.6. The lowest BCUT2D eigenvalue weighted by molar-refractivity contribution is 0.417. The predicted octanol–water partition coefficient (Wildman–Crippen LogP) is 10.5. The minimum Gasteiger partial charge on any atom is -0.456 e. The van der Waals surface area contributed by atoms with Gasteiger partial charge in [0, 0.05) is 46.0 Å². The maximum absolute atomic E-state index is 13.8. The van der Waals surface area contributed by atoms with Gasteiger partial charge in [0.05, 0.1) is 0 Å². The second-order valence-electron chi connectivity index (χ2n) is 12.1. The van der Waals surface area contributed by atoms with Gasteiger partial charge in [-0.2, -0.15) is 8.42 Å². The van der Waals surface area contributed by atoms with Gasteiger partial charge in [-0.1, -0.05) is 107 Å². The molecule has 2 atom stereocenters. The zero-order valence-corrected chi connectivity index (χ0v) is 27.4. The van der Waals surface area contributed by atoms with Gasteiger partial charge >= 0.3 is 0 Å². The average molecular weight is 633 g/mol. The SMILES string of the molecule is CCC(C)c1ccccc1Nc1ccc2c(c1)Oc1cc(Nc3ccccc3C(C)CC)ccc1C2(c1ccccc1)S(=O)(=O)O. The molecule has 5 aromatic carbocycles. The molecule has 46 heavy (non-hydrogen) atoms. The van der Waals surface area contributed by atoms with Crippen molar-refractivity contribution in [1.29, 1.82) is 0 Å². The average Bonchev–Trinajstić information content (AvgIpc) is 3.06. The van der Waals surface area contributed by atoms with Crippen LogP contribution in [0.15, 0.2) is 115 Å². The van der Waals surface area contributed by atoms with Crippen LogP contribution in [-0.2, 0) is 14.9 Å². The summed E-state index contributed by atoms with van der Waals surface area (Å²) in [7, 11) is -4.77. The number of benzene rings is 5. The molecule has 0 amide bonds. The second-order valence-corrected chi connectivity index (χ2v) is 13.7. The Balaban J connectivity index is 1.50. The highest BCUT2D eigenvalue weighted by Crippen LogP contribution is 2.55. The molecule has 0 bridgehead atoms. The summed E-state index contributed by atoms with van der Waals surface area (Å²) in [5.74, 6) is 1.39. The van der Waals surface area contributed by atoms with Crippen LogP contribution >= 0.6 is 0 Å². The lowest BCUT2D eigenvalue weighted by Crippen LogP contribution is -2.40. The van der Waals surface area contributed by atoms with Crippen molar-refractivity contribution in [3.8, 4) is 11.5 Å². The number of hydrogen-bond donors (Lipinski definition) is 3. The van der Waals surface area contributed by atoms with Crippen LogP contribution in [0, 0.1) is 0 Å². The molecule has 6 nitrogen and oxygen atoms in total. The molecule has 6 rings (SSSR count). The van der Waals surface area contributed by atoms with E-state index in [1.807, 2.05) is 66.7 Å². The van der Waals surface area contributed by atoms with Crippen molar-refractivity contribution in [3.05, 3.63) is 143 Å². The summed E-state index contributed by atoms with van der Waals surface area (Å²) < 4.78 is 43.3. The summed E-state index contributed by atoms with van der Waals surface area (Å²) >= 11 is 0. The molecule has 0 saturated heterocycles. The Labute approximate surface area is 272 Å². The van der Waals surface area contributed by atoms with Crippen molar-refractivity contribution in [2.45, 2.75) is 57.1 Å². The summed E-state index contributed by atoms with van der Waals surface area (Å²) in [4.78, 5) is 0. The van der Waals surface area contributed by atoms with E-state index in [1.165, 1.54) is 11.1 Å². The second kappa shape index (κ2) is 12.7. The Morgan fingerprint density at radius 2 is 1.09 bits per heavy atom. The number of rotatable bonds is 10. The van der Waals surface area contributed by atoms with Gasteiger partial charge in [-0.25, -0.2) is 0 Å². The van der Waals surface area contributed by atoms with E-state index >= 15 is 0 Å². The Bertz CT molecular complexity index is 1870. The third-order valence-corrected chi connectivity index (χ3v) is 10.7. The van der Waals surface area contributed by atoms with E-state index in [9.17, 15) is 13.0 Å². The third kappa shape index (κ3) is 5.54. The number of para-hydroxylation sites is 2. The monoisotopic (exact) mass is 632 g/mol. The van der Waals surface area contributed by atoms with Crippen LogP contribution in [0.4, 0.5) is 22.7 Å². The van der Waals surface area contributed by atoms with E-state index in [4.69, 9.17) is 4.74 Å². The molecule has 1 aliphatic rings. The van der Waals surface area contributed by atoms with Gasteiger partial charge < -0.3 is 15.4 Å². The molecule has 1 aliphatic heterocycles. The minimum atomic E-state index is -4.77. The van der Waals surface area contributed by atoms with Gasteiger partial charge in [0.1, 0.15) is 11.5 Å². The van der Waals surface area contributed by atoms with E-state index in [1.54, 1.807) is 36.4 Å². The van der Waals surface area contributed by atoms with Crippen LogP contribution in [0.2, 0.25) is 0 Å². The summed E-state index contributed by atoms with van der Waals surface area (Å²) in [6.45, 7) is 8.72. The van der Waals surface area contributed by atoms with Gasteiger partial charge in [0.25, 0.3) is 10.1 Å². The van der Waals surface area contributed by atoms with Gasteiger partial charge in [0.2, 0.25) is 0 Å². The van der Waals surface area contributed by atoms with E-state index in [-0.39, 0.29) is 0 Å².